The zero-order valence-electron chi connectivity index (χ0n) is 13.0. The molecule has 3 heterocycles. The molecule has 0 N–H and O–H groups in total. The standard InChI is InChI=1S/C15H17N5O3S/c21-15-2-1-7-19(15)12-3-5-14(6-4-12)24(22,23)18-8-9-20-13(11-18)10-16-17-20/h3-6,10H,1-2,7-9,11H2. The van der Waals surface area contributed by atoms with Crippen molar-refractivity contribution >= 4 is 21.6 Å². The highest BCUT2D eigenvalue weighted by Crippen LogP contribution is 2.25. The molecule has 2 aromatic rings. The van der Waals surface area contributed by atoms with Crippen molar-refractivity contribution < 1.29 is 13.2 Å². The maximum Gasteiger partial charge on any atom is 0.243 e. The Bertz CT molecular complexity index is 875. The zero-order chi connectivity index (χ0) is 16.7. The van der Waals surface area contributed by atoms with E-state index in [0.29, 0.717) is 26.1 Å². The summed E-state index contributed by atoms with van der Waals surface area (Å²) in [4.78, 5) is 13.7. The van der Waals surface area contributed by atoms with Crippen molar-refractivity contribution in [2.75, 3.05) is 18.0 Å². The van der Waals surface area contributed by atoms with Crippen LogP contribution in [0.15, 0.2) is 35.4 Å². The Kier molecular flexibility index (Phi) is 3.61. The quantitative estimate of drug-likeness (QED) is 0.812. The molecule has 0 bridgehead atoms. The lowest BCUT2D eigenvalue weighted by atomic mass is 10.3. The highest BCUT2D eigenvalue weighted by atomic mass is 32.2. The molecule has 1 saturated heterocycles. The molecule has 0 saturated carbocycles. The van der Waals surface area contributed by atoms with Crippen LogP contribution in [-0.2, 0) is 27.9 Å². The van der Waals surface area contributed by atoms with Gasteiger partial charge in [-0.25, -0.2) is 13.1 Å². The van der Waals surface area contributed by atoms with Gasteiger partial charge < -0.3 is 4.90 Å². The van der Waals surface area contributed by atoms with E-state index in [9.17, 15) is 13.2 Å². The van der Waals surface area contributed by atoms with Gasteiger partial charge in [0, 0.05) is 25.2 Å². The first-order chi connectivity index (χ1) is 11.6. The van der Waals surface area contributed by atoms with Crippen LogP contribution in [0.3, 0.4) is 0 Å². The Hall–Kier alpha value is -2.26. The molecule has 0 spiro atoms. The number of anilines is 1. The van der Waals surface area contributed by atoms with Crippen LogP contribution in [0.2, 0.25) is 0 Å². The van der Waals surface area contributed by atoms with E-state index in [1.807, 2.05) is 0 Å². The number of amides is 1. The van der Waals surface area contributed by atoms with Crippen LogP contribution in [-0.4, -0.2) is 46.7 Å². The predicted molar refractivity (Wildman–Crippen MR) is 85.6 cm³/mol. The molecule has 1 amide bonds. The highest BCUT2D eigenvalue weighted by Gasteiger charge is 2.29. The Morgan fingerprint density at radius 1 is 1.04 bits per heavy atom. The van der Waals surface area contributed by atoms with Gasteiger partial charge in [0.25, 0.3) is 0 Å². The molecule has 126 valence electrons. The minimum atomic E-state index is -3.58. The van der Waals surface area contributed by atoms with Gasteiger partial charge in [0.2, 0.25) is 15.9 Å². The van der Waals surface area contributed by atoms with Crippen LogP contribution in [0.4, 0.5) is 5.69 Å². The lowest BCUT2D eigenvalue weighted by Gasteiger charge is -2.26. The summed E-state index contributed by atoms with van der Waals surface area (Å²) in [5.41, 5.74) is 1.53. The maximum absolute atomic E-state index is 12.8. The van der Waals surface area contributed by atoms with Crippen molar-refractivity contribution in [3.05, 3.63) is 36.2 Å². The molecule has 2 aliphatic rings. The van der Waals surface area contributed by atoms with Gasteiger partial charge in [0.15, 0.2) is 0 Å². The molecule has 2 aliphatic heterocycles. The van der Waals surface area contributed by atoms with Crippen molar-refractivity contribution in [1.82, 2.24) is 19.3 Å². The van der Waals surface area contributed by atoms with Gasteiger partial charge >= 0.3 is 0 Å². The molecule has 0 radical (unpaired) electrons. The van der Waals surface area contributed by atoms with Gasteiger partial charge in [-0.3, -0.25) is 4.79 Å². The smallest absolute Gasteiger partial charge is 0.243 e. The minimum absolute atomic E-state index is 0.0856. The third-order valence-electron chi connectivity index (χ3n) is 4.46. The van der Waals surface area contributed by atoms with E-state index >= 15 is 0 Å². The zero-order valence-corrected chi connectivity index (χ0v) is 13.8. The molecule has 1 aromatic carbocycles. The predicted octanol–water partition coefficient (Wildman–Crippen LogP) is 0.609. The van der Waals surface area contributed by atoms with E-state index in [4.69, 9.17) is 0 Å². The molecule has 24 heavy (non-hydrogen) atoms. The van der Waals surface area contributed by atoms with Crippen LogP contribution in [0.25, 0.3) is 0 Å². The van der Waals surface area contributed by atoms with Gasteiger partial charge in [0.1, 0.15) is 0 Å². The minimum Gasteiger partial charge on any atom is -0.312 e. The van der Waals surface area contributed by atoms with Gasteiger partial charge in [-0.1, -0.05) is 5.21 Å². The van der Waals surface area contributed by atoms with Crippen molar-refractivity contribution in [2.24, 2.45) is 0 Å². The van der Waals surface area contributed by atoms with Crippen LogP contribution in [0, 0.1) is 0 Å². The second-order valence-corrected chi connectivity index (χ2v) is 7.87. The summed E-state index contributed by atoms with van der Waals surface area (Å²) in [6.45, 7) is 1.82. The van der Waals surface area contributed by atoms with Gasteiger partial charge in [-0.05, 0) is 30.7 Å². The van der Waals surface area contributed by atoms with Gasteiger partial charge in [-0.15, -0.1) is 5.10 Å². The second-order valence-electron chi connectivity index (χ2n) is 5.93. The molecule has 0 atom stereocenters. The number of fused-ring (bicyclic) bond motifs is 1. The summed E-state index contributed by atoms with van der Waals surface area (Å²) in [7, 11) is -3.58. The molecular weight excluding hydrogens is 330 g/mol. The summed E-state index contributed by atoms with van der Waals surface area (Å²) >= 11 is 0. The Labute approximate surface area is 139 Å². The largest absolute Gasteiger partial charge is 0.312 e. The van der Waals surface area contributed by atoms with Crippen molar-refractivity contribution in [2.45, 2.75) is 30.8 Å². The number of sulfonamides is 1. The van der Waals surface area contributed by atoms with Gasteiger partial charge in [-0.2, -0.15) is 4.31 Å². The van der Waals surface area contributed by atoms with Crippen molar-refractivity contribution in [3.63, 3.8) is 0 Å². The first-order valence-electron chi connectivity index (χ1n) is 7.84. The van der Waals surface area contributed by atoms with Crippen molar-refractivity contribution in [1.29, 1.82) is 0 Å². The third kappa shape index (κ3) is 2.49. The molecule has 0 aliphatic carbocycles. The third-order valence-corrected chi connectivity index (χ3v) is 6.32. The summed E-state index contributed by atoms with van der Waals surface area (Å²) in [5.74, 6) is 0.0856. The lowest BCUT2D eigenvalue weighted by Crippen LogP contribution is -2.38. The number of hydrogen-bond donors (Lipinski definition) is 0. The number of carbonyl (C=O) groups is 1. The Balaban J connectivity index is 1.57. The molecule has 0 unspecified atom stereocenters. The van der Waals surface area contributed by atoms with E-state index in [0.717, 1.165) is 17.8 Å². The summed E-state index contributed by atoms with van der Waals surface area (Å²) in [5, 5.41) is 7.73. The fraction of sp³-hybridized carbons (Fsp3) is 0.400. The molecule has 4 rings (SSSR count). The van der Waals surface area contributed by atoms with Crippen LogP contribution in [0.1, 0.15) is 18.5 Å². The number of aromatic nitrogens is 3. The normalized spacial score (nSPS) is 18.8. The van der Waals surface area contributed by atoms with Crippen LogP contribution in [0.5, 0.6) is 0 Å². The molecule has 9 heteroatoms. The van der Waals surface area contributed by atoms with E-state index < -0.39 is 10.0 Å². The van der Waals surface area contributed by atoms with E-state index in [1.54, 1.807) is 40.0 Å². The first-order valence-corrected chi connectivity index (χ1v) is 9.28. The number of nitrogens with zero attached hydrogens (tertiary/aromatic N) is 5. The Morgan fingerprint density at radius 2 is 1.83 bits per heavy atom. The monoisotopic (exact) mass is 347 g/mol. The van der Waals surface area contributed by atoms with Crippen molar-refractivity contribution in [3.8, 4) is 0 Å². The molecule has 8 nitrogen and oxygen atoms in total. The fourth-order valence-corrected chi connectivity index (χ4v) is 4.53. The van der Waals surface area contributed by atoms with E-state index in [-0.39, 0.29) is 17.3 Å². The number of rotatable bonds is 3. The summed E-state index contributed by atoms with van der Waals surface area (Å²) in [6, 6.07) is 6.54. The fourth-order valence-electron chi connectivity index (χ4n) is 3.13. The molecule has 1 fully saturated rings. The van der Waals surface area contributed by atoms with E-state index in [1.165, 1.54) is 4.31 Å². The highest BCUT2D eigenvalue weighted by molar-refractivity contribution is 7.89. The van der Waals surface area contributed by atoms with Crippen LogP contribution >= 0.6 is 0 Å². The SMILES string of the molecule is O=C1CCCN1c1ccc(S(=O)(=O)N2CCn3nncc3C2)cc1. The average molecular weight is 347 g/mol. The summed E-state index contributed by atoms with van der Waals surface area (Å²) in [6.07, 6.45) is 2.98. The maximum atomic E-state index is 12.8. The second kappa shape index (κ2) is 5.67. The number of hydrogen-bond acceptors (Lipinski definition) is 5. The lowest BCUT2D eigenvalue weighted by molar-refractivity contribution is -0.117. The number of carbonyl (C=O) groups excluding carboxylic acids is 1. The van der Waals surface area contributed by atoms with Gasteiger partial charge in [0.05, 0.1) is 29.9 Å². The number of benzene rings is 1. The Morgan fingerprint density at radius 3 is 2.54 bits per heavy atom. The molecular formula is C15H17N5O3S. The van der Waals surface area contributed by atoms with E-state index in [2.05, 4.69) is 10.3 Å². The molecule has 1 aromatic heterocycles. The first kappa shape index (κ1) is 15.3. The average Bonchev–Trinajstić information content (AvgIpc) is 3.22. The van der Waals surface area contributed by atoms with Crippen LogP contribution < -0.4 is 4.90 Å². The topological polar surface area (TPSA) is 88.4 Å². The summed E-state index contributed by atoms with van der Waals surface area (Å²) < 4.78 is 28.8.